The van der Waals surface area contributed by atoms with E-state index in [4.69, 9.17) is 9.78 Å². The minimum atomic E-state index is -0.894. The highest BCUT2D eigenvalue weighted by molar-refractivity contribution is 5.95. The topological polar surface area (TPSA) is 55.8 Å². The SMILES string of the molecule is O=C(O)c1ccc2cc(-c3cc4c(c(C56CC7CC(CC(C7)C5)C6)c3)OOC4)ccc2c1. The van der Waals surface area contributed by atoms with Crippen LogP contribution in [-0.4, -0.2) is 11.1 Å². The maximum absolute atomic E-state index is 11.3. The van der Waals surface area contributed by atoms with Gasteiger partial charge < -0.3 is 9.99 Å². The number of hydrogen-bond acceptors (Lipinski definition) is 3. The summed E-state index contributed by atoms with van der Waals surface area (Å²) in [4.78, 5) is 22.5. The van der Waals surface area contributed by atoms with Crippen molar-refractivity contribution in [3.63, 3.8) is 0 Å². The van der Waals surface area contributed by atoms with Gasteiger partial charge in [0.25, 0.3) is 0 Å². The summed E-state index contributed by atoms with van der Waals surface area (Å²) in [5.41, 5.74) is 5.42. The average molecular weight is 427 g/mol. The number of benzene rings is 3. The summed E-state index contributed by atoms with van der Waals surface area (Å²) in [5, 5.41) is 11.3. The zero-order chi connectivity index (χ0) is 21.4. The summed E-state index contributed by atoms with van der Waals surface area (Å²) in [7, 11) is 0. The standard InChI is InChI=1S/C28H26O4/c29-27(30)22-4-3-19-8-21(2-1-20(19)9-22)23-10-24-15-31-32-26(24)25(11-23)28-12-16-5-17(13-28)7-18(6-16)14-28/h1-4,8-11,16-18H,5-7,12-15H2,(H,29,30). The number of carbonyl (C=O) groups is 1. The van der Waals surface area contributed by atoms with Crippen molar-refractivity contribution in [2.24, 2.45) is 17.8 Å². The van der Waals surface area contributed by atoms with Gasteiger partial charge in [-0.25, -0.2) is 4.79 Å². The molecule has 0 saturated heterocycles. The van der Waals surface area contributed by atoms with Gasteiger partial charge in [-0.05, 0) is 114 Å². The molecular weight excluding hydrogens is 400 g/mol. The molecule has 4 saturated carbocycles. The van der Waals surface area contributed by atoms with Crippen LogP contribution in [0.4, 0.5) is 0 Å². The number of carboxylic acids is 1. The van der Waals surface area contributed by atoms with Crippen molar-refractivity contribution >= 4 is 16.7 Å². The summed E-state index contributed by atoms with van der Waals surface area (Å²) in [6.45, 7) is 0.498. The monoisotopic (exact) mass is 426 g/mol. The van der Waals surface area contributed by atoms with Crippen LogP contribution < -0.4 is 4.89 Å². The third-order valence-electron chi connectivity index (χ3n) is 8.55. The van der Waals surface area contributed by atoms with Gasteiger partial charge in [0.15, 0.2) is 5.75 Å². The van der Waals surface area contributed by atoms with Crippen LogP contribution in [0.15, 0.2) is 48.5 Å². The van der Waals surface area contributed by atoms with Gasteiger partial charge in [-0.2, -0.15) is 4.89 Å². The van der Waals surface area contributed by atoms with Crippen LogP contribution in [0.25, 0.3) is 21.9 Å². The molecule has 0 radical (unpaired) electrons. The van der Waals surface area contributed by atoms with E-state index in [-0.39, 0.29) is 5.41 Å². The fourth-order valence-electron chi connectivity index (χ4n) is 7.61. The molecular formula is C28H26O4. The van der Waals surface area contributed by atoms with Gasteiger partial charge >= 0.3 is 5.97 Å². The van der Waals surface area contributed by atoms with Crippen molar-refractivity contribution in [1.82, 2.24) is 0 Å². The molecule has 3 aromatic carbocycles. The van der Waals surface area contributed by atoms with Crippen LogP contribution >= 0.6 is 0 Å². The highest BCUT2D eigenvalue weighted by atomic mass is 17.2. The Hall–Kier alpha value is -2.85. The van der Waals surface area contributed by atoms with Gasteiger partial charge in [-0.1, -0.05) is 18.2 Å². The molecule has 5 aliphatic rings. The first kappa shape index (κ1) is 18.7. The third-order valence-corrected chi connectivity index (χ3v) is 8.55. The number of fused-ring (bicyclic) bond motifs is 2. The smallest absolute Gasteiger partial charge is 0.335 e. The van der Waals surface area contributed by atoms with Crippen molar-refractivity contribution in [3.05, 3.63) is 65.2 Å². The summed E-state index contributed by atoms with van der Waals surface area (Å²) in [6.07, 6.45) is 8.11. The number of hydrogen-bond donors (Lipinski definition) is 1. The summed E-state index contributed by atoms with van der Waals surface area (Å²) in [5.74, 6) is 2.68. The molecule has 0 spiro atoms. The molecule has 1 N–H and O–H groups in total. The molecule has 4 heteroatoms. The van der Waals surface area contributed by atoms with Crippen LogP contribution in [0, 0.1) is 17.8 Å². The molecule has 8 rings (SSSR count). The van der Waals surface area contributed by atoms with Gasteiger partial charge in [-0.15, -0.1) is 0 Å². The largest absolute Gasteiger partial charge is 0.478 e. The molecule has 32 heavy (non-hydrogen) atoms. The van der Waals surface area contributed by atoms with E-state index in [9.17, 15) is 9.90 Å². The highest BCUT2D eigenvalue weighted by Crippen LogP contribution is 2.62. The van der Waals surface area contributed by atoms with Crippen molar-refractivity contribution < 1.29 is 19.7 Å². The molecule has 4 bridgehead atoms. The first-order chi connectivity index (χ1) is 15.6. The van der Waals surface area contributed by atoms with E-state index < -0.39 is 5.97 Å². The van der Waals surface area contributed by atoms with Crippen molar-refractivity contribution in [2.45, 2.75) is 50.5 Å². The lowest BCUT2D eigenvalue weighted by Crippen LogP contribution is -2.48. The minimum Gasteiger partial charge on any atom is -0.478 e. The molecule has 0 amide bonds. The molecule has 0 aromatic heterocycles. The predicted octanol–water partition coefficient (Wildman–Crippen LogP) is 6.50. The second-order valence-corrected chi connectivity index (χ2v) is 10.6. The van der Waals surface area contributed by atoms with Gasteiger partial charge in [0, 0.05) is 11.1 Å². The number of aromatic carboxylic acids is 1. The predicted molar refractivity (Wildman–Crippen MR) is 122 cm³/mol. The van der Waals surface area contributed by atoms with Crippen LogP contribution in [0.1, 0.15) is 60.0 Å². The first-order valence-electron chi connectivity index (χ1n) is 11.8. The quantitative estimate of drug-likeness (QED) is 0.486. The highest BCUT2D eigenvalue weighted by Gasteiger charge is 2.53. The van der Waals surface area contributed by atoms with Gasteiger partial charge in [-0.3, -0.25) is 0 Å². The Morgan fingerprint density at radius 3 is 2.25 bits per heavy atom. The first-order valence-corrected chi connectivity index (χ1v) is 11.8. The zero-order valence-corrected chi connectivity index (χ0v) is 18.0. The summed E-state index contributed by atoms with van der Waals surface area (Å²) in [6, 6.07) is 16.2. The summed E-state index contributed by atoms with van der Waals surface area (Å²) < 4.78 is 0. The van der Waals surface area contributed by atoms with E-state index in [0.29, 0.717) is 12.2 Å². The molecule has 4 fully saturated rings. The minimum absolute atomic E-state index is 0.232. The molecule has 1 aliphatic heterocycles. The maximum atomic E-state index is 11.3. The Kier molecular flexibility index (Phi) is 3.85. The Labute approximate surface area is 187 Å². The Morgan fingerprint density at radius 2 is 1.53 bits per heavy atom. The summed E-state index contributed by atoms with van der Waals surface area (Å²) >= 11 is 0. The van der Waals surface area contributed by atoms with Gasteiger partial charge in [0.2, 0.25) is 0 Å². The molecule has 162 valence electrons. The van der Waals surface area contributed by atoms with Crippen LogP contribution in [0.3, 0.4) is 0 Å². The lowest BCUT2D eigenvalue weighted by Gasteiger charge is -2.57. The van der Waals surface area contributed by atoms with E-state index >= 15 is 0 Å². The molecule has 4 nitrogen and oxygen atoms in total. The average Bonchev–Trinajstić information content (AvgIpc) is 3.25. The number of carboxylic acid groups (broad SMARTS) is 1. The fourth-order valence-corrected chi connectivity index (χ4v) is 7.61. The second-order valence-electron chi connectivity index (χ2n) is 10.6. The van der Waals surface area contributed by atoms with E-state index in [0.717, 1.165) is 45.4 Å². The second kappa shape index (κ2) is 6.58. The lowest BCUT2D eigenvalue weighted by atomic mass is 9.48. The number of rotatable bonds is 3. The molecule has 4 aliphatic carbocycles. The Morgan fingerprint density at radius 1 is 0.844 bits per heavy atom. The van der Waals surface area contributed by atoms with Crippen LogP contribution in [0.2, 0.25) is 0 Å². The Bertz CT molecular complexity index is 1240. The third kappa shape index (κ3) is 2.75. The normalized spacial score (nSPS) is 29.8. The Balaban J connectivity index is 1.35. The van der Waals surface area contributed by atoms with Crippen molar-refractivity contribution in [1.29, 1.82) is 0 Å². The maximum Gasteiger partial charge on any atom is 0.335 e. The molecule has 0 unspecified atom stereocenters. The van der Waals surface area contributed by atoms with Crippen LogP contribution in [-0.2, 0) is 16.9 Å². The molecule has 1 heterocycles. The van der Waals surface area contributed by atoms with E-state index in [1.807, 2.05) is 12.1 Å². The molecule has 3 aromatic rings. The van der Waals surface area contributed by atoms with E-state index in [2.05, 4.69) is 24.3 Å². The van der Waals surface area contributed by atoms with Crippen LogP contribution in [0.5, 0.6) is 5.75 Å². The lowest BCUT2D eigenvalue weighted by molar-refractivity contribution is -0.195. The van der Waals surface area contributed by atoms with Crippen molar-refractivity contribution in [3.8, 4) is 16.9 Å². The fraction of sp³-hybridized carbons (Fsp3) is 0.393. The zero-order valence-electron chi connectivity index (χ0n) is 18.0. The molecule has 0 atom stereocenters. The van der Waals surface area contributed by atoms with E-state index in [1.165, 1.54) is 49.7 Å². The van der Waals surface area contributed by atoms with Gasteiger partial charge in [0.05, 0.1) is 5.56 Å². The van der Waals surface area contributed by atoms with Gasteiger partial charge in [0.1, 0.15) is 6.61 Å². The van der Waals surface area contributed by atoms with Crippen molar-refractivity contribution in [2.75, 3.05) is 0 Å². The van der Waals surface area contributed by atoms with E-state index in [1.54, 1.807) is 12.1 Å².